The van der Waals surface area contributed by atoms with Crippen LogP contribution in [-0.2, 0) is 4.79 Å². The molecule has 0 heterocycles. The number of hydrogen-bond donors (Lipinski definition) is 1. The van der Waals surface area contributed by atoms with E-state index in [1.807, 2.05) is 6.92 Å². The van der Waals surface area contributed by atoms with E-state index in [2.05, 4.69) is 6.58 Å². The van der Waals surface area contributed by atoms with Crippen LogP contribution in [0.4, 0.5) is 0 Å². The van der Waals surface area contributed by atoms with Crippen LogP contribution in [0.5, 0.6) is 0 Å². The molecule has 2 nitrogen and oxygen atoms in total. The lowest BCUT2D eigenvalue weighted by Gasteiger charge is -2.24. The molecule has 0 spiro atoms. The third-order valence-corrected chi connectivity index (χ3v) is 2.31. The van der Waals surface area contributed by atoms with E-state index in [0.29, 0.717) is 12.0 Å². The molecule has 2 atom stereocenters. The molecule has 1 unspecified atom stereocenters. The van der Waals surface area contributed by atoms with Crippen molar-refractivity contribution in [1.29, 1.82) is 0 Å². The molecule has 0 amide bonds. The molecule has 0 fully saturated rings. The average Bonchev–Trinajstić information content (AvgIpc) is 1.96. The van der Waals surface area contributed by atoms with Gasteiger partial charge >= 0.3 is 0 Å². The van der Waals surface area contributed by atoms with E-state index >= 15 is 0 Å². The number of hydrogen-bond acceptors (Lipinski definition) is 2. The van der Waals surface area contributed by atoms with Crippen molar-refractivity contribution in [2.24, 2.45) is 5.92 Å². The van der Waals surface area contributed by atoms with Gasteiger partial charge in [0, 0.05) is 12.3 Å². The van der Waals surface area contributed by atoms with Crippen LogP contribution in [-0.4, -0.2) is 17.0 Å². The predicted octanol–water partition coefficient (Wildman–Crippen LogP) is 1.46. The zero-order valence-corrected chi connectivity index (χ0v) is 7.50. The molecule has 12 heavy (non-hydrogen) atoms. The fourth-order valence-electron chi connectivity index (χ4n) is 1.41. The molecule has 2 heteroatoms. The van der Waals surface area contributed by atoms with Crippen molar-refractivity contribution < 1.29 is 9.90 Å². The molecule has 0 radical (unpaired) electrons. The van der Waals surface area contributed by atoms with Crippen LogP contribution in [0.3, 0.4) is 0 Å². The minimum Gasteiger partial charge on any atom is -0.388 e. The van der Waals surface area contributed by atoms with Crippen LogP contribution in [0.15, 0.2) is 23.8 Å². The topological polar surface area (TPSA) is 37.3 Å². The highest BCUT2D eigenvalue weighted by atomic mass is 16.3. The summed E-state index contributed by atoms with van der Waals surface area (Å²) in [7, 11) is 0. The van der Waals surface area contributed by atoms with E-state index in [-0.39, 0.29) is 11.7 Å². The Kier molecular flexibility index (Phi) is 2.48. The summed E-state index contributed by atoms with van der Waals surface area (Å²) in [5, 5.41) is 9.54. The summed E-state index contributed by atoms with van der Waals surface area (Å²) in [4.78, 5) is 11.2. The van der Waals surface area contributed by atoms with Crippen LogP contribution in [0.2, 0.25) is 0 Å². The normalized spacial score (nSPS) is 29.9. The predicted molar refractivity (Wildman–Crippen MR) is 47.7 cm³/mol. The van der Waals surface area contributed by atoms with Gasteiger partial charge in [-0.25, -0.2) is 0 Å². The Hall–Kier alpha value is -0.890. The first-order valence-electron chi connectivity index (χ1n) is 4.07. The first-order chi connectivity index (χ1) is 5.52. The summed E-state index contributed by atoms with van der Waals surface area (Å²) in [5.74, 6) is 0.0366. The molecular weight excluding hydrogens is 152 g/mol. The highest BCUT2D eigenvalue weighted by Crippen LogP contribution is 2.25. The second-order valence-electron chi connectivity index (χ2n) is 3.42. The average molecular weight is 166 g/mol. The van der Waals surface area contributed by atoms with Crippen molar-refractivity contribution in [2.75, 3.05) is 0 Å². The van der Waals surface area contributed by atoms with Gasteiger partial charge in [0.25, 0.3) is 0 Å². The van der Waals surface area contributed by atoms with Gasteiger partial charge in [0.2, 0.25) is 0 Å². The van der Waals surface area contributed by atoms with Crippen LogP contribution in [0.25, 0.3) is 0 Å². The van der Waals surface area contributed by atoms with E-state index in [4.69, 9.17) is 0 Å². The third-order valence-electron chi connectivity index (χ3n) is 2.31. The lowest BCUT2D eigenvalue weighted by atomic mass is 9.83. The standard InChI is InChI=1S/C10H14O2/c1-6(2)8-5-9(11)7(3)4-10(8)12/h4,8,10,12H,1,5H2,2-3H3/t8?,10-/m1/s1. The van der Waals surface area contributed by atoms with Crippen LogP contribution < -0.4 is 0 Å². The fraction of sp³-hybridized carbons (Fsp3) is 0.500. The third kappa shape index (κ3) is 1.64. The van der Waals surface area contributed by atoms with Crippen LogP contribution >= 0.6 is 0 Å². The number of allylic oxidation sites excluding steroid dienone is 1. The Bertz CT molecular complexity index is 251. The van der Waals surface area contributed by atoms with E-state index in [0.717, 1.165) is 5.57 Å². The van der Waals surface area contributed by atoms with Gasteiger partial charge in [-0.2, -0.15) is 0 Å². The zero-order valence-electron chi connectivity index (χ0n) is 7.50. The van der Waals surface area contributed by atoms with Gasteiger partial charge in [0.1, 0.15) is 0 Å². The minimum atomic E-state index is -0.528. The van der Waals surface area contributed by atoms with Gasteiger partial charge in [-0.1, -0.05) is 12.2 Å². The Balaban J connectivity index is 2.86. The van der Waals surface area contributed by atoms with Crippen molar-refractivity contribution in [3.63, 3.8) is 0 Å². The minimum absolute atomic E-state index is 0.0822. The summed E-state index contributed by atoms with van der Waals surface area (Å²) in [6.07, 6.45) is 1.49. The summed E-state index contributed by atoms with van der Waals surface area (Å²) >= 11 is 0. The monoisotopic (exact) mass is 166 g/mol. The van der Waals surface area contributed by atoms with Crippen LogP contribution in [0.1, 0.15) is 20.3 Å². The van der Waals surface area contributed by atoms with Gasteiger partial charge in [0.15, 0.2) is 5.78 Å². The fourth-order valence-corrected chi connectivity index (χ4v) is 1.41. The zero-order chi connectivity index (χ0) is 9.30. The Morgan fingerprint density at radius 2 is 2.33 bits per heavy atom. The number of Topliss-reactive ketones (excluding diaryl/α,β-unsaturated/α-hetero) is 1. The summed E-state index contributed by atoms with van der Waals surface area (Å²) < 4.78 is 0. The number of rotatable bonds is 1. The first kappa shape index (κ1) is 9.20. The SMILES string of the molecule is C=C(C)C1CC(=O)C(C)=C[C@H]1O. The molecular formula is C10H14O2. The molecule has 1 aliphatic carbocycles. The molecule has 0 bridgehead atoms. The lowest BCUT2D eigenvalue weighted by molar-refractivity contribution is -0.117. The molecule has 1 rings (SSSR count). The van der Waals surface area contributed by atoms with E-state index in [1.165, 1.54) is 0 Å². The molecule has 0 saturated carbocycles. The molecule has 66 valence electrons. The highest BCUT2D eigenvalue weighted by molar-refractivity contribution is 5.96. The number of aliphatic hydroxyl groups is 1. The van der Waals surface area contributed by atoms with Crippen molar-refractivity contribution >= 4 is 5.78 Å². The lowest BCUT2D eigenvalue weighted by Crippen LogP contribution is -2.27. The molecule has 0 saturated heterocycles. The van der Waals surface area contributed by atoms with Crippen LogP contribution in [0, 0.1) is 5.92 Å². The Morgan fingerprint density at radius 3 is 2.83 bits per heavy atom. The van der Waals surface area contributed by atoms with Gasteiger partial charge in [-0.05, 0) is 25.5 Å². The molecule has 0 aromatic heterocycles. The first-order valence-corrected chi connectivity index (χ1v) is 4.07. The molecule has 1 aliphatic rings. The number of aliphatic hydroxyl groups excluding tert-OH is 1. The summed E-state index contributed by atoms with van der Waals surface area (Å²) in [6, 6.07) is 0. The van der Waals surface area contributed by atoms with Gasteiger partial charge in [-0.15, -0.1) is 0 Å². The molecule has 1 N–H and O–H groups in total. The summed E-state index contributed by atoms with van der Waals surface area (Å²) in [5.41, 5.74) is 1.54. The van der Waals surface area contributed by atoms with E-state index in [9.17, 15) is 9.90 Å². The quantitative estimate of drug-likeness (QED) is 0.599. The number of carbonyl (C=O) groups excluding carboxylic acids is 1. The molecule has 0 aromatic carbocycles. The highest BCUT2D eigenvalue weighted by Gasteiger charge is 2.26. The van der Waals surface area contributed by atoms with Gasteiger partial charge in [0.05, 0.1) is 6.10 Å². The molecule has 0 aromatic rings. The Morgan fingerprint density at radius 1 is 1.75 bits per heavy atom. The maximum atomic E-state index is 11.2. The molecule has 0 aliphatic heterocycles. The van der Waals surface area contributed by atoms with Crippen molar-refractivity contribution in [3.8, 4) is 0 Å². The van der Waals surface area contributed by atoms with E-state index in [1.54, 1.807) is 13.0 Å². The number of ketones is 1. The number of carbonyl (C=O) groups is 1. The smallest absolute Gasteiger partial charge is 0.159 e. The maximum Gasteiger partial charge on any atom is 0.159 e. The second-order valence-corrected chi connectivity index (χ2v) is 3.42. The maximum absolute atomic E-state index is 11.2. The summed E-state index contributed by atoms with van der Waals surface area (Å²) in [6.45, 7) is 7.33. The van der Waals surface area contributed by atoms with Crippen molar-refractivity contribution in [1.82, 2.24) is 0 Å². The largest absolute Gasteiger partial charge is 0.388 e. The van der Waals surface area contributed by atoms with Crippen molar-refractivity contribution in [2.45, 2.75) is 26.4 Å². The second kappa shape index (κ2) is 3.23. The Labute approximate surface area is 72.6 Å². The van der Waals surface area contributed by atoms with Crippen molar-refractivity contribution in [3.05, 3.63) is 23.8 Å². The van der Waals surface area contributed by atoms with E-state index < -0.39 is 6.10 Å². The van der Waals surface area contributed by atoms with Gasteiger partial charge < -0.3 is 5.11 Å². The van der Waals surface area contributed by atoms with Gasteiger partial charge in [-0.3, -0.25) is 4.79 Å².